The molecule has 2 aliphatic rings. The van der Waals surface area contributed by atoms with Gasteiger partial charge in [-0.25, -0.2) is 4.99 Å². The Balaban J connectivity index is 1.65. The van der Waals surface area contributed by atoms with Crippen molar-refractivity contribution in [3.05, 3.63) is 47.5 Å². The third-order valence-electron chi connectivity index (χ3n) is 4.88. The quantitative estimate of drug-likeness (QED) is 0.734. The summed E-state index contributed by atoms with van der Waals surface area (Å²) in [5.74, 6) is 4.83. The Hall–Kier alpha value is -3.21. The normalized spacial score (nSPS) is 16.6. The number of hydrogen-bond donors (Lipinski definition) is 1. The molecule has 0 aromatic heterocycles. The number of fused-ring (bicyclic) bond motifs is 2. The second-order valence-electron chi connectivity index (χ2n) is 6.84. The van der Waals surface area contributed by atoms with Gasteiger partial charge in [0.1, 0.15) is 25.7 Å². The van der Waals surface area contributed by atoms with E-state index in [4.69, 9.17) is 30.4 Å². The van der Waals surface area contributed by atoms with Gasteiger partial charge in [-0.1, -0.05) is 12.0 Å². The number of benzene rings is 2. The molecule has 0 saturated carbocycles. The van der Waals surface area contributed by atoms with Crippen LogP contribution in [0.25, 0.3) is 0 Å². The van der Waals surface area contributed by atoms with Crippen LogP contribution in [-0.2, 0) is 9.47 Å². The van der Waals surface area contributed by atoms with Crippen LogP contribution in [-0.4, -0.2) is 59.2 Å². The first-order chi connectivity index (χ1) is 14.8. The second-order valence-corrected chi connectivity index (χ2v) is 6.84. The van der Waals surface area contributed by atoms with Gasteiger partial charge in [-0.3, -0.25) is 0 Å². The summed E-state index contributed by atoms with van der Waals surface area (Å²) in [5.41, 5.74) is 3.66. The number of nitrogens with one attached hydrogen (secondary N) is 1. The topological polar surface area (TPSA) is 64.6 Å². The fourth-order valence-electron chi connectivity index (χ4n) is 3.36. The van der Waals surface area contributed by atoms with E-state index in [0.29, 0.717) is 57.8 Å². The average Bonchev–Trinajstić information content (AvgIpc) is 2.78. The van der Waals surface area contributed by atoms with Crippen LogP contribution in [0.3, 0.4) is 0 Å². The molecule has 0 amide bonds. The molecule has 0 atom stereocenters. The minimum atomic E-state index is 0.426. The van der Waals surface area contributed by atoms with E-state index in [1.54, 1.807) is 0 Å². The zero-order valence-corrected chi connectivity index (χ0v) is 17.0. The smallest absolute Gasteiger partial charge is 0.163 e. The number of nitrogens with zero attached hydrogens (tertiary/aromatic N) is 2. The van der Waals surface area contributed by atoms with E-state index < -0.39 is 0 Å². The Kier molecular flexibility index (Phi) is 6.38. The summed E-state index contributed by atoms with van der Waals surface area (Å²) in [4.78, 5) is 6.72. The van der Waals surface area contributed by atoms with Gasteiger partial charge in [0.15, 0.2) is 11.5 Å². The van der Waals surface area contributed by atoms with E-state index >= 15 is 0 Å². The summed E-state index contributed by atoms with van der Waals surface area (Å²) >= 11 is 0. The summed E-state index contributed by atoms with van der Waals surface area (Å²) in [6.45, 7) is 3.41. The van der Waals surface area contributed by atoms with Gasteiger partial charge >= 0.3 is 0 Å². The number of ether oxygens (including phenoxy) is 4. The molecule has 2 aromatic rings. The first-order valence-electron chi connectivity index (χ1n) is 9.94. The maximum atomic E-state index is 5.98. The molecule has 0 aliphatic carbocycles. The highest BCUT2D eigenvalue weighted by Gasteiger charge is 2.22. The number of terminal acetylenes is 1. The summed E-state index contributed by atoms with van der Waals surface area (Å²) in [6, 6.07) is 11.7. The Morgan fingerprint density at radius 2 is 1.67 bits per heavy atom. The van der Waals surface area contributed by atoms with Crippen LogP contribution in [0, 0.1) is 12.3 Å². The molecule has 7 nitrogen and oxygen atoms in total. The first-order valence-corrected chi connectivity index (χ1v) is 9.94. The van der Waals surface area contributed by atoms with Crippen LogP contribution in [0.2, 0.25) is 0 Å². The number of aliphatic imine (C=N–C) groups is 1. The predicted octanol–water partition coefficient (Wildman–Crippen LogP) is 2.74. The maximum Gasteiger partial charge on any atom is 0.163 e. The van der Waals surface area contributed by atoms with Crippen molar-refractivity contribution in [1.82, 2.24) is 0 Å². The molecule has 0 fully saturated rings. The van der Waals surface area contributed by atoms with Crippen molar-refractivity contribution in [3.63, 3.8) is 0 Å². The van der Waals surface area contributed by atoms with Gasteiger partial charge in [-0.15, -0.1) is 6.42 Å². The Labute approximate surface area is 176 Å². The monoisotopic (exact) mass is 407 g/mol. The van der Waals surface area contributed by atoms with Gasteiger partial charge in [0.25, 0.3) is 0 Å². The minimum Gasteiger partial charge on any atom is -0.487 e. The molecule has 0 bridgehead atoms. The van der Waals surface area contributed by atoms with Crippen molar-refractivity contribution in [2.24, 2.45) is 4.99 Å². The highest BCUT2D eigenvalue weighted by Crippen LogP contribution is 2.36. The molecule has 4 rings (SSSR count). The third kappa shape index (κ3) is 4.51. The molecule has 7 heteroatoms. The molecule has 2 aromatic carbocycles. The van der Waals surface area contributed by atoms with Crippen molar-refractivity contribution >= 4 is 17.2 Å². The summed E-state index contributed by atoms with van der Waals surface area (Å²) < 4.78 is 22.9. The van der Waals surface area contributed by atoms with E-state index in [0.717, 1.165) is 28.3 Å². The zero-order valence-electron chi connectivity index (χ0n) is 17.0. The molecule has 2 heterocycles. The standard InChI is InChI=1S/C23H25N3O4/c1-3-17-5-4-6-18(13-17)26(2)23-19-14-21-22(15-20(19)24-16-25-23)30-12-10-28-8-7-27-9-11-29-21/h1,4-6,13-15,24H,7-12,16H2,2H3. The van der Waals surface area contributed by atoms with Gasteiger partial charge in [0, 0.05) is 29.9 Å². The number of hydrogen-bond acceptors (Lipinski definition) is 7. The molecule has 0 spiro atoms. The van der Waals surface area contributed by atoms with Crippen molar-refractivity contribution in [2.45, 2.75) is 0 Å². The van der Waals surface area contributed by atoms with Crippen molar-refractivity contribution in [1.29, 1.82) is 0 Å². The van der Waals surface area contributed by atoms with E-state index in [1.165, 1.54) is 0 Å². The van der Waals surface area contributed by atoms with Crippen LogP contribution in [0.1, 0.15) is 11.1 Å². The summed E-state index contributed by atoms with van der Waals surface area (Å²) in [5, 5.41) is 3.32. The van der Waals surface area contributed by atoms with Crippen LogP contribution in [0.4, 0.5) is 11.4 Å². The molecule has 2 aliphatic heterocycles. The Morgan fingerprint density at radius 3 is 2.40 bits per heavy atom. The van der Waals surface area contributed by atoms with Crippen LogP contribution >= 0.6 is 0 Å². The van der Waals surface area contributed by atoms with Crippen molar-refractivity contribution in [2.75, 3.05) is 63.6 Å². The zero-order chi connectivity index (χ0) is 20.8. The second kappa shape index (κ2) is 9.53. The average molecular weight is 407 g/mol. The number of amidine groups is 1. The molecule has 1 N–H and O–H groups in total. The highest BCUT2D eigenvalue weighted by molar-refractivity contribution is 6.14. The van der Waals surface area contributed by atoms with Crippen molar-refractivity contribution < 1.29 is 18.9 Å². The lowest BCUT2D eigenvalue weighted by Gasteiger charge is -2.28. The molecular weight excluding hydrogens is 382 g/mol. The maximum absolute atomic E-state index is 5.98. The van der Waals surface area contributed by atoms with E-state index in [-0.39, 0.29) is 0 Å². The van der Waals surface area contributed by atoms with E-state index in [2.05, 4.69) is 11.2 Å². The van der Waals surface area contributed by atoms with Crippen LogP contribution in [0.5, 0.6) is 11.5 Å². The third-order valence-corrected chi connectivity index (χ3v) is 4.88. The van der Waals surface area contributed by atoms with Crippen molar-refractivity contribution in [3.8, 4) is 23.8 Å². The van der Waals surface area contributed by atoms with Crippen LogP contribution in [0.15, 0.2) is 41.4 Å². The fraction of sp³-hybridized carbons (Fsp3) is 0.348. The van der Waals surface area contributed by atoms with Gasteiger partial charge < -0.3 is 29.2 Å². The SMILES string of the molecule is C#Cc1cccc(N(C)C2=NCNc3cc4c(cc32)OCCOCCOCCO4)c1. The lowest BCUT2D eigenvalue weighted by atomic mass is 10.1. The van der Waals surface area contributed by atoms with E-state index in [1.807, 2.05) is 48.3 Å². The van der Waals surface area contributed by atoms with Gasteiger partial charge in [-0.05, 0) is 24.3 Å². The molecule has 30 heavy (non-hydrogen) atoms. The summed E-state index contributed by atoms with van der Waals surface area (Å²) in [6.07, 6.45) is 5.56. The minimum absolute atomic E-state index is 0.426. The predicted molar refractivity (Wildman–Crippen MR) is 117 cm³/mol. The molecule has 0 unspecified atom stereocenters. The van der Waals surface area contributed by atoms with Gasteiger partial charge in [-0.2, -0.15) is 0 Å². The molecule has 0 saturated heterocycles. The number of anilines is 2. The fourth-order valence-corrected chi connectivity index (χ4v) is 3.36. The summed E-state index contributed by atoms with van der Waals surface area (Å²) in [7, 11) is 1.98. The lowest BCUT2D eigenvalue weighted by Crippen LogP contribution is -2.31. The Bertz CT molecular complexity index is 967. The Morgan fingerprint density at radius 1 is 0.967 bits per heavy atom. The number of rotatable bonds is 1. The largest absolute Gasteiger partial charge is 0.487 e. The van der Waals surface area contributed by atoms with E-state index in [9.17, 15) is 0 Å². The first kappa shape index (κ1) is 20.1. The van der Waals surface area contributed by atoms with Gasteiger partial charge in [0.05, 0.1) is 32.1 Å². The highest BCUT2D eigenvalue weighted by atomic mass is 16.6. The molecule has 156 valence electrons. The van der Waals surface area contributed by atoms with Gasteiger partial charge in [0.2, 0.25) is 0 Å². The van der Waals surface area contributed by atoms with Crippen LogP contribution < -0.4 is 19.7 Å². The molecular formula is C23H25N3O4. The lowest BCUT2D eigenvalue weighted by molar-refractivity contribution is 0.0223. The molecule has 0 radical (unpaired) electrons.